The highest BCUT2D eigenvalue weighted by Crippen LogP contribution is 2.21. The molecule has 1 aliphatic heterocycles. The van der Waals surface area contributed by atoms with Gasteiger partial charge in [-0.2, -0.15) is 8.42 Å². The van der Waals surface area contributed by atoms with Crippen molar-refractivity contribution >= 4 is 44.4 Å². The number of carbonyl (C=O) groups excluding carboxylic acids is 1. The number of para-hydroxylation sites is 1. The number of rotatable bonds is 5. The van der Waals surface area contributed by atoms with E-state index >= 15 is 0 Å². The van der Waals surface area contributed by atoms with Gasteiger partial charge >= 0.3 is 0 Å². The topological polar surface area (TPSA) is 91.7 Å². The van der Waals surface area contributed by atoms with Gasteiger partial charge in [0.2, 0.25) is 5.91 Å². The van der Waals surface area contributed by atoms with E-state index in [2.05, 4.69) is 14.7 Å². The molecule has 0 bridgehead atoms. The highest BCUT2D eigenvalue weighted by atomic mass is 32.2. The molecule has 3 aromatic rings. The van der Waals surface area contributed by atoms with E-state index in [1.165, 1.54) is 18.2 Å². The molecule has 1 fully saturated rings. The molecule has 1 aromatic heterocycles. The normalized spacial score (nSPS) is 15.8. The number of nitrogens with zero attached hydrogens (tertiary/aromatic N) is 3. The van der Waals surface area contributed by atoms with Crippen LogP contribution in [-0.4, -0.2) is 43.6 Å². The number of amides is 1. The van der Waals surface area contributed by atoms with Crippen molar-refractivity contribution in [3.63, 3.8) is 0 Å². The van der Waals surface area contributed by atoms with E-state index in [-0.39, 0.29) is 10.8 Å². The fraction of sp³-hybridized carbons (Fsp3) is 0.174. The van der Waals surface area contributed by atoms with Crippen LogP contribution in [0.1, 0.15) is 18.4 Å². The van der Waals surface area contributed by atoms with E-state index in [9.17, 15) is 13.2 Å². The monoisotopic (exact) mass is 434 g/mol. The third kappa shape index (κ3) is 4.80. The van der Waals surface area contributed by atoms with Crippen LogP contribution < -0.4 is 5.32 Å². The zero-order valence-corrected chi connectivity index (χ0v) is 17.8. The van der Waals surface area contributed by atoms with Gasteiger partial charge in [0.05, 0.1) is 10.4 Å². The maximum Gasteiger partial charge on any atom is 0.284 e. The molecule has 0 saturated carbocycles. The number of fused-ring (bicyclic) bond motifs is 1. The summed E-state index contributed by atoms with van der Waals surface area (Å²) in [4.78, 5) is 18.7. The molecule has 0 radical (unpaired) electrons. The van der Waals surface area contributed by atoms with Crippen LogP contribution in [0.15, 0.2) is 76.2 Å². The molecule has 1 amide bonds. The van der Waals surface area contributed by atoms with Crippen LogP contribution >= 0.6 is 0 Å². The van der Waals surface area contributed by atoms with Crippen molar-refractivity contribution in [3.8, 4) is 0 Å². The van der Waals surface area contributed by atoms with Crippen molar-refractivity contribution in [3.05, 3.63) is 72.4 Å². The Hall–Kier alpha value is -3.52. The second-order valence-electron chi connectivity index (χ2n) is 7.28. The maximum atomic E-state index is 12.7. The molecule has 2 aromatic carbocycles. The van der Waals surface area contributed by atoms with Crippen molar-refractivity contribution in [1.82, 2.24) is 9.88 Å². The Morgan fingerprint density at radius 2 is 1.97 bits per heavy atom. The van der Waals surface area contributed by atoms with Crippen LogP contribution in [-0.2, 0) is 14.8 Å². The lowest BCUT2D eigenvalue weighted by Gasteiger charge is -2.11. The van der Waals surface area contributed by atoms with E-state index in [1.807, 2.05) is 42.3 Å². The predicted molar refractivity (Wildman–Crippen MR) is 122 cm³/mol. The number of carbonyl (C=O) groups is 1. The minimum Gasteiger partial charge on any atom is -0.362 e. The smallest absolute Gasteiger partial charge is 0.284 e. The lowest BCUT2D eigenvalue weighted by Crippen LogP contribution is -2.20. The Bertz CT molecular complexity index is 1290. The van der Waals surface area contributed by atoms with Gasteiger partial charge in [-0.1, -0.05) is 30.3 Å². The number of hydrogen-bond acceptors (Lipinski definition) is 4. The summed E-state index contributed by atoms with van der Waals surface area (Å²) in [5, 5.41) is 3.69. The van der Waals surface area contributed by atoms with Gasteiger partial charge in [0.1, 0.15) is 5.84 Å². The van der Waals surface area contributed by atoms with E-state index in [1.54, 1.807) is 24.4 Å². The first-order valence-corrected chi connectivity index (χ1v) is 11.3. The number of aromatic nitrogens is 1. The Kier molecular flexibility index (Phi) is 5.81. The van der Waals surface area contributed by atoms with Gasteiger partial charge in [0, 0.05) is 48.9 Å². The summed E-state index contributed by atoms with van der Waals surface area (Å²) >= 11 is 0. The van der Waals surface area contributed by atoms with Crippen LogP contribution in [0.25, 0.3) is 17.0 Å². The first-order chi connectivity index (χ1) is 14.9. The summed E-state index contributed by atoms with van der Waals surface area (Å²) in [5.74, 6) is 0.186. The number of pyridine rings is 1. The summed E-state index contributed by atoms with van der Waals surface area (Å²) in [6.45, 7) is 0.795. The van der Waals surface area contributed by atoms with Crippen molar-refractivity contribution < 1.29 is 13.2 Å². The number of anilines is 1. The highest BCUT2D eigenvalue weighted by Gasteiger charge is 2.20. The third-order valence-corrected chi connectivity index (χ3v) is 6.34. The predicted octanol–water partition coefficient (Wildman–Crippen LogP) is 3.70. The summed E-state index contributed by atoms with van der Waals surface area (Å²) < 4.78 is 29.3. The Labute approximate surface area is 181 Å². The summed E-state index contributed by atoms with van der Waals surface area (Å²) in [7, 11) is -2.02. The lowest BCUT2D eigenvalue weighted by atomic mass is 10.1. The van der Waals surface area contributed by atoms with Crippen LogP contribution in [0.5, 0.6) is 0 Å². The molecule has 7 nitrogen and oxygen atoms in total. The standard InChI is InChI=1S/C23H22N4O3S/c1-27-15-5-11-21(27)26-31(29,30)20-10-3-9-19(16-20)25-22(28)13-12-18-7-2-6-17-8-4-14-24-23(17)18/h2-4,6-10,12-14,16H,5,11,15H2,1H3,(H,25,28). The molecule has 1 saturated heterocycles. The van der Waals surface area contributed by atoms with Crippen LogP contribution in [0.4, 0.5) is 5.69 Å². The first-order valence-electron chi connectivity index (χ1n) is 9.90. The van der Waals surface area contributed by atoms with Crippen LogP contribution in [0, 0.1) is 0 Å². The molecule has 1 N–H and O–H groups in total. The molecule has 2 heterocycles. The molecular formula is C23H22N4O3S. The Morgan fingerprint density at radius 1 is 1.16 bits per heavy atom. The zero-order valence-electron chi connectivity index (χ0n) is 17.0. The molecule has 0 spiro atoms. The van der Waals surface area contributed by atoms with Gasteiger partial charge < -0.3 is 10.2 Å². The number of sulfonamides is 1. The Balaban J connectivity index is 1.51. The number of nitrogens with one attached hydrogen (secondary N) is 1. The van der Waals surface area contributed by atoms with Crippen molar-refractivity contribution in [2.45, 2.75) is 17.7 Å². The van der Waals surface area contributed by atoms with Crippen molar-refractivity contribution in [2.75, 3.05) is 18.9 Å². The van der Waals surface area contributed by atoms with Gasteiger partial charge in [-0.15, -0.1) is 4.40 Å². The lowest BCUT2D eigenvalue weighted by molar-refractivity contribution is -0.111. The summed E-state index contributed by atoms with van der Waals surface area (Å²) in [6.07, 6.45) is 6.32. The zero-order chi connectivity index (χ0) is 21.8. The molecule has 0 unspecified atom stereocenters. The number of hydrogen-bond donors (Lipinski definition) is 1. The third-order valence-electron chi connectivity index (χ3n) is 5.04. The fourth-order valence-electron chi connectivity index (χ4n) is 3.45. The van der Waals surface area contributed by atoms with Gasteiger partial charge in [-0.05, 0) is 36.8 Å². The molecule has 1 aliphatic rings. The van der Waals surface area contributed by atoms with E-state index < -0.39 is 10.0 Å². The highest BCUT2D eigenvalue weighted by molar-refractivity contribution is 7.90. The van der Waals surface area contributed by atoms with E-state index in [4.69, 9.17) is 0 Å². The molecule has 31 heavy (non-hydrogen) atoms. The minimum atomic E-state index is -3.85. The molecule has 158 valence electrons. The molecule has 0 aliphatic carbocycles. The Morgan fingerprint density at radius 3 is 2.77 bits per heavy atom. The van der Waals surface area contributed by atoms with Crippen molar-refractivity contribution in [1.29, 1.82) is 0 Å². The summed E-state index contributed by atoms with van der Waals surface area (Å²) in [6, 6.07) is 15.7. The average Bonchev–Trinajstić information content (AvgIpc) is 3.16. The molecule has 4 rings (SSSR count). The molecule has 0 atom stereocenters. The van der Waals surface area contributed by atoms with E-state index in [0.29, 0.717) is 17.9 Å². The van der Waals surface area contributed by atoms with Gasteiger partial charge in [-0.3, -0.25) is 9.78 Å². The van der Waals surface area contributed by atoms with Gasteiger partial charge in [-0.25, -0.2) is 0 Å². The minimum absolute atomic E-state index is 0.0420. The molecule has 8 heteroatoms. The SMILES string of the molecule is CN1CCCC1=NS(=O)(=O)c1cccc(NC(=O)C=Cc2cccc3cccnc23)c1. The van der Waals surface area contributed by atoms with E-state index in [0.717, 1.165) is 29.4 Å². The van der Waals surface area contributed by atoms with Crippen molar-refractivity contribution in [2.24, 2.45) is 4.40 Å². The first kappa shape index (κ1) is 20.7. The largest absolute Gasteiger partial charge is 0.362 e. The van der Waals surface area contributed by atoms with Crippen LogP contribution in [0.3, 0.4) is 0 Å². The van der Waals surface area contributed by atoms with Gasteiger partial charge in [0.25, 0.3) is 10.0 Å². The summed E-state index contributed by atoms with van der Waals surface area (Å²) in [5.41, 5.74) is 2.01. The van der Waals surface area contributed by atoms with Gasteiger partial charge in [0.15, 0.2) is 0 Å². The molecular weight excluding hydrogens is 412 g/mol. The van der Waals surface area contributed by atoms with Crippen LogP contribution in [0.2, 0.25) is 0 Å². The second-order valence-corrected chi connectivity index (χ2v) is 8.88. The fourth-order valence-corrected chi connectivity index (χ4v) is 4.59. The average molecular weight is 435 g/mol. The number of likely N-dealkylation sites (tertiary alicyclic amines) is 1. The number of amidine groups is 1. The maximum absolute atomic E-state index is 12.7. The quantitative estimate of drug-likeness (QED) is 0.618. The second kappa shape index (κ2) is 8.69. The number of benzene rings is 2.